The van der Waals surface area contributed by atoms with Gasteiger partial charge in [0.05, 0.1) is 0 Å². The third-order valence-electron chi connectivity index (χ3n) is 2.27. The lowest BCUT2D eigenvalue weighted by molar-refractivity contribution is 1.49. The van der Waals surface area contributed by atoms with Crippen molar-refractivity contribution in [2.45, 2.75) is 6.90 Å². The summed E-state index contributed by atoms with van der Waals surface area (Å²) in [7, 11) is 0.971. The molecule has 2 aromatic carbocycles. The van der Waals surface area contributed by atoms with E-state index in [4.69, 9.17) is 1.37 Å². The summed E-state index contributed by atoms with van der Waals surface area (Å²) in [5.41, 5.74) is 3.71. The van der Waals surface area contributed by atoms with Crippen LogP contribution in [0.3, 0.4) is 0 Å². The van der Waals surface area contributed by atoms with Crippen molar-refractivity contribution in [3.63, 3.8) is 0 Å². The van der Waals surface area contributed by atoms with Gasteiger partial charge in [-0.05, 0) is 6.90 Å². The Morgan fingerprint density at radius 2 is 1.50 bits per heavy atom. The molecule has 2 rings (SSSR count). The lowest BCUT2D eigenvalue weighted by Crippen LogP contribution is -2.26. The van der Waals surface area contributed by atoms with E-state index in [2.05, 4.69) is 36.4 Å². The number of rotatable bonds is 2. The maximum atomic E-state index is 7.24. The third-order valence-corrected chi connectivity index (χ3v) is 2.27. The molecule has 0 bridgehead atoms. The van der Waals surface area contributed by atoms with E-state index in [9.17, 15) is 0 Å². The topological polar surface area (TPSA) is 0 Å². The first-order valence-electron chi connectivity index (χ1n) is 5.50. The maximum absolute atomic E-state index is 7.24. The summed E-state index contributed by atoms with van der Waals surface area (Å²) in [6.07, 6.45) is 0. The lowest BCUT2D eigenvalue weighted by atomic mass is 9.64. The number of benzene rings is 2. The fraction of sp³-hybridized carbons (Fsp3) is 0.0769. The van der Waals surface area contributed by atoms with E-state index in [1.165, 1.54) is 10.9 Å². The first kappa shape index (κ1) is 7.87. The smallest absolute Gasteiger partial charge is 0.0786 e. The Bertz CT molecular complexity index is 408. The lowest BCUT2D eigenvalue weighted by Gasteiger charge is -2.00. The Morgan fingerprint density at radius 1 is 0.857 bits per heavy atom. The maximum Gasteiger partial charge on any atom is 0.192 e. The van der Waals surface area contributed by atoms with Gasteiger partial charge in [0, 0.05) is 1.37 Å². The van der Waals surface area contributed by atoms with E-state index in [0.29, 0.717) is 6.90 Å². The summed E-state index contributed by atoms with van der Waals surface area (Å²) < 4.78 is 7.24. The van der Waals surface area contributed by atoms with Crippen LogP contribution >= 0.6 is 0 Å². The molecule has 0 aliphatic carbocycles. The Kier molecular flexibility index (Phi) is 2.33. The van der Waals surface area contributed by atoms with Crippen LogP contribution in [0.4, 0.5) is 0 Å². The van der Waals surface area contributed by atoms with Gasteiger partial charge < -0.3 is 0 Å². The molecule has 0 radical (unpaired) electrons. The molecule has 0 N–H and O–H groups in total. The van der Waals surface area contributed by atoms with Crippen LogP contribution in [-0.2, 0) is 0 Å². The second-order valence-corrected chi connectivity index (χ2v) is 3.48. The standard InChI is InChI=1S/C13H13B/c1-11-7-9-13(10-8-11)14-12-5-3-2-4-6-12/h2-10,14H,1H3/i1D. The van der Waals surface area contributed by atoms with Crippen LogP contribution in [0, 0.1) is 6.90 Å². The predicted molar refractivity (Wildman–Crippen MR) is 64.0 cm³/mol. The quantitative estimate of drug-likeness (QED) is 0.614. The van der Waals surface area contributed by atoms with Crippen LogP contribution in [0.15, 0.2) is 54.6 Å². The second kappa shape index (κ2) is 4.14. The second-order valence-electron chi connectivity index (χ2n) is 3.48. The molecule has 0 atom stereocenters. The highest BCUT2D eigenvalue weighted by Gasteiger charge is 1.96. The summed E-state index contributed by atoms with van der Waals surface area (Å²) in [5.74, 6) is 0. The van der Waals surface area contributed by atoms with Crippen molar-refractivity contribution in [2.24, 2.45) is 0 Å². The highest BCUT2D eigenvalue weighted by molar-refractivity contribution is 6.67. The minimum absolute atomic E-state index is 0.367. The van der Waals surface area contributed by atoms with Crippen molar-refractivity contribution in [3.8, 4) is 0 Å². The van der Waals surface area contributed by atoms with Crippen LogP contribution in [0.2, 0.25) is 0 Å². The summed E-state index contributed by atoms with van der Waals surface area (Å²) in [4.78, 5) is 0. The first-order chi connectivity index (χ1) is 7.38. The van der Waals surface area contributed by atoms with Crippen molar-refractivity contribution < 1.29 is 1.37 Å². The zero-order chi connectivity index (χ0) is 10.5. The van der Waals surface area contributed by atoms with Gasteiger partial charge in [-0.15, -0.1) is 0 Å². The van der Waals surface area contributed by atoms with Crippen LogP contribution in [0.5, 0.6) is 0 Å². The SMILES string of the molecule is [2H]Cc1ccc(Bc2ccccc2)cc1. The molecule has 0 heterocycles. The Morgan fingerprint density at radius 3 is 2.14 bits per heavy atom. The normalized spacial score (nSPS) is 10.7. The average Bonchev–Trinajstić information content (AvgIpc) is 2.31. The molecule has 0 aromatic heterocycles. The van der Waals surface area contributed by atoms with E-state index in [1.807, 2.05) is 18.2 Å². The van der Waals surface area contributed by atoms with Gasteiger partial charge in [-0.2, -0.15) is 0 Å². The summed E-state index contributed by atoms with van der Waals surface area (Å²) in [6, 6.07) is 18.7. The predicted octanol–water partition coefficient (Wildman–Crippen LogP) is 1.38. The van der Waals surface area contributed by atoms with Crippen molar-refractivity contribution in [3.05, 3.63) is 60.2 Å². The molecule has 0 aliphatic rings. The zero-order valence-corrected chi connectivity index (χ0v) is 8.11. The molecule has 0 aliphatic heterocycles. The molecule has 1 heteroatoms. The summed E-state index contributed by atoms with van der Waals surface area (Å²) in [5, 5.41) is 0. The molecule has 0 saturated carbocycles. The Balaban J connectivity index is 2.11. The van der Waals surface area contributed by atoms with Crippen molar-refractivity contribution in [1.29, 1.82) is 0 Å². The van der Waals surface area contributed by atoms with Crippen LogP contribution < -0.4 is 10.9 Å². The average molecular weight is 181 g/mol. The molecule has 0 fully saturated rings. The van der Waals surface area contributed by atoms with Gasteiger partial charge in [-0.1, -0.05) is 71.1 Å². The fourth-order valence-electron chi connectivity index (χ4n) is 1.49. The van der Waals surface area contributed by atoms with Crippen molar-refractivity contribution in [2.75, 3.05) is 0 Å². The van der Waals surface area contributed by atoms with Crippen LogP contribution in [0.25, 0.3) is 0 Å². The zero-order valence-electron chi connectivity index (χ0n) is 9.11. The molecule has 0 spiro atoms. The highest BCUT2D eigenvalue weighted by atomic mass is 13.9. The third kappa shape index (κ3) is 2.26. The van der Waals surface area contributed by atoms with E-state index in [0.717, 1.165) is 12.8 Å². The van der Waals surface area contributed by atoms with Gasteiger partial charge in [-0.3, -0.25) is 0 Å². The molecule has 0 nitrogen and oxygen atoms in total. The Hall–Kier alpha value is -1.50. The van der Waals surface area contributed by atoms with Crippen molar-refractivity contribution >= 4 is 18.2 Å². The minimum atomic E-state index is 0.367. The van der Waals surface area contributed by atoms with Gasteiger partial charge in [0.2, 0.25) is 0 Å². The monoisotopic (exact) mass is 181 g/mol. The Labute approximate surface area is 87.2 Å². The number of aryl methyl sites for hydroxylation is 1. The van der Waals surface area contributed by atoms with Gasteiger partial charge in [0.15, 0.2) is 7.28 Å². The van der Waals surface area contributed by atoms with E-state index in [-0.39, 0.29) is 0 Å². The van der Waals surface area contributed by atoms with Crippen molar-refractivity contribution in [1.82, 2.24) is 0 Å². The molecule has 0 saturated heterocycles. The highest BCUT2D eigenvalue weighted by Crippen LogP contribution is 1.92. The summed E-state index contributed by atoms with van der Waals surface area (Å²) >= 11 is 0. The largest absolute Gasteiger partial charge is 0.192 e. The molecule has 0 amide bonds. The van der Waals surface area contributed by atoms with Crippen LogP contribution in [-0.4, -0.2) is 7.28 Å². The number of hydrogen-bond donors (Lipinski definition) is 0. The van der Waals surface area contributed by atoms with E-state index >= 15 is 0 Å². The molecule has 0 unspecified atom stereocenters. The molecular formula is C13H13B. The first-order valence-corrected chi connectivity index (χ1v) is 4.79. The molecular weight excluding hydrogens is 167 g/mol. The summed E-state index contributed by atoms with van der Waals surface area (Å²) in [6.45, 7) is 0.367. The molecule has 14 heavy (non-hydrogen) atoms. The van der Waals surface area contributed by atoms with Gasteiger partial charge in [0.1, 0.15) is 0 Å². The van der Waals surface area contributed by atoms with E-state index in [1.54, 1.807) is 0 Å². The molecule has 68 valence electrons. The van der Waals surface area contributed by atoms with Gasteiger partial charge in [0.25, 0.3) is 0 Å². The van der Waals surface area contributed by atoms with Gasteiger partial charge in [-0.25, -0.2) is 0 Å². The minimum Gasteiger partial charge on any atom is -0.0786 e. The van der Waals surface area contributed by atoms with E-state index < -0.39 is 0 Å². The fourth-order valence-corrected chi connectivity index (χ4v) is 1.49. The number of hydrogen-bond acceptors (Lipinski definition) is 0. The molecule has 2 aromatic rings. The van der Waals surface area contributed by atoms with Crippen LogP contribution in [0.1, 0.15) is 6.93 Å². The van der Waals surface area contributed by atoms with Gasteiger partial charge >= 0.3 is 0 Å².